The van der Waals surface area contributed by atoms with Gasteiger partial charge < -0.3 is 14.8 Å². The van der Waals surface area contributed by atoms with Gasteiger partial charge in [-0.2, -0.15) is 0 Å². The molecule has 2 atom stereocenters. The normalized spacial score (nSPS) is 18.4. The van der Waals surface area contributed by atoms with E-state index in [4.69, 9.17) is 21.1 Å². The van der Waals surface area contributed by atoms with Crippen LogP contribution in [0.25, 0.3) is 0 Å². The topological polar surface area (TPSA) is 43.4 Å². The Kier molecular flexibility index (Phi) is 5.16. The lowest BCUT2D eigenvalue weighted by atomic mass is 9.95. The molecule has 3 rings (SSSR count). The monoisotopic (exact) mass is 354 g/mol. The number of pyridine rings is 1. The van der Waals surface area contributed by atoms with Crippen molar-refractivity contribution in [1.82, 2.24) is 10.3 Å². The van der Waals surface area contributed by atoms with E-state index in [0.29, 0.717) is 11.3 Å². The molecule has 0 bridgehead atoms. The minimum absolute atomic E-state index is 0.0503. The molecule has 1 fully saturated rings. The quantitative estimate of drug-likeness (QED) is 0.888. The van der Waals surface area contributed by atoms with Crippen LogP contribution in [0.4, 0.5) is 8.78 Å². The van der Waals surface area contributed by atoms with E-state index in [2.05, 4.69) is 10.3 Å². The smallest absolute Gasteiger partial charge is 0.165 e. The van der Waals surface area contributed by atoms with E-state index in [1.165, 1.54) is 25.3 Å². The highest BCUT2D eigenvalue weighted by Crippen LogP contribution is 2.38. The van der Waals surface area contributed by atoms with Crippen molar-refractivity contribution in [2.45, 2.75) is 12.5 Å². The molecule has 24 heavy (non-hydrogen) atoms. The molecular weight excluding hydrogens is 338 g/mol. The second kappa shape index (κ2) is 7.32. The van der Waals surface area contributed by atoms with Crippen LogP contribution < -0.4 is 14.8 Å². The number of benzene rings is 1. The first-order valence-corrected chi connectivity index (χ1v) is 7.97. The Balaban J connectivity index is 1.96. The van der Waals surface area contributed by atoms with Gasteiger partial charge in [-0.15, -0.1) is 0 Å². The average Bonchev–Trinajstić information content (AvgIpc) is 3.09. The third kappa shape index (κ3) is 3.60. The molecule has 1 aliphatic heterocycles. The molecule has 2 heterocycles. The van der Waals surface area contributed by atoms with Crippen LogP contribution >= 0.6 is 11.6 Å². The van der Waals surface area contributed by atoms with E-state index < -0.39 is 17.7 Å². The molecule has 4 nitrogen and oxygen atoms in total. The number of methoxy groups -OCH3 is 1. The molecule has 0 aliphatic carbocycles. The molecule has 1 saturated heterocycles. The second-order valence-corrected chi connectivity index (χ2v) is 6.05. The van der Waals surface area contributed by atoms with Crippen molar-refractivity contribution in [3.05, 3.63) is 52.8 Å². The van der Waals surface area contributed by atoms with Gasteiger partial charge in [-0.1, -0.05) is 11.6 Å². The van der Waals surface area contributed by atoms with E-state index >= 15 is 0 Å². The number of aromatic nitrogens is 1. The van der Waals surface area contributed by atoms with Crippen LogP contribution in [0, 0.1) is 17.6 Å². The van der Waals surface area contributed by atoms with Crippen molar-refractivity contribution in [3.8, 4) is 11.5 Å². The summed E-state index contributed by atoms with van der Waals surface area (Å²) < 4.78 is 38.7. The molecule has 1 aromatic heterocycles. The predicted molar refractivity (Wildman–Crippen MR) is 86.5 cm³/mol. The number of hydrogen-bond acceptors (Lipinski definition) is 4. The fourth-order valence-electron chi connectivity index (χ4n) is 2.85. The third-order valence-electron chi connectivity index (χ3n) is 4.04. The number of nitrogens with one attached hydrogen (secondary N) is 1. The SMILES string of the molecule is COc1cc(Cl)c(F)cc1OC(c1cncc(F)c1)C1CCNC1. The Bertz CT molecular complexity index is 724. The molecule has 0 radical (unpaired) electrons. The molecule has 0 spiro atoms. The molecule has 0 saturated carbocycles. The summed E-state index contributed by atoms with van der Waals surface area (Å²) in [5, 5.41) is 3.20. The Hall–Kier alpha value is -1.92. The summed E-state index contributed by atoms with van der Waals surface area (Å²) in [6, 6.07) is 3.93. The van der Waals surface area contributed by atoms with Crippen molar-refractivity contribution in [2.24, 2.45) is 5.92 Å². The van der Waals surface area contributed by atoms with Crippen LogP contribution in [-0.4, -0.2) is 25.2 Å². The van der Waals surface area contributed by atoms with E-state index in [1.54, 1.807) is 6.20 Å². The Morgan fingerprint density at radius 2 is 2.08 bits per heavy atom. The lowest BCUT2D eigenvalue weighted by molar-refractivity contribution is 0.138. The highest BCUT2D eigenvalue weighted by Gasteiger charge is 2.30. The predicted octanol–water partition coefficient (Wildman–Crippen LogP) is 3.75. The van der Waals surface area contributed by atoms with Crippen molar-refractivity contribution in [3.63, 3.8) is 0 Å². The molecule has 1 N–H and O–H groups in total. The maximum atomic E-state index is 13.8. The first-order valence-electron chi connectivity index (χ1n) is 7.59. The molecule has 2 unspecified atom stereocenters. The zero-order chi connectivity index (χ0) is 17.1. The first-order chi connectivity index (χ1) is 11.6. The highest BCUT2D eigenvalue weighted by atomic mass is 35.5. The van der Waals surface area contributed by atoms with Crippen LogP contribution in [0.5, 0.6) is 11.5 Å². The number of halogens is 3. The first kappa shape index (κ1) is 16.9. The van der Waals surface area contributed by atoms with Gasteiger partial charge in [0.2, 0.25) is 0 Å². The lowest BCUT2D eigenvalue weighted by Crippen LogP contribution is -2.22. The Morgan fingerprint density at radius 3 is 2.75 bits per heavy atom. The molecule has 7 heteroatoms. The van der Waals surface area contributed by atoms with E-state index in [-0.39, 0.29) is 16.7 Å². The van der Waals surface area contributed by atoms with Crippen LogP contribution in [0.1, 0.15) is 18.1 Å². The van der Waals surface area contributed by atoms with E-state index in [9.17, 15) is 8.78 Å². The van der Waals surface area contributed by atoms with Gasteiger partial charge in [-0.05, 0) is 19.0 Å². The fourth-order valence-corrected chi connectivity index (χ4v) is 3.01. The third-order valence-corrected chi connectivity index (χ3v) is 4.33. The summed E-state index contributed by atoms with van der Waals surface area (Å²) in [6.45, 7) is 1.57. The van der Waals surface area contributed by atoms with Crippen LogP contribution in [0.3, 0.4) is 0 Å². The van der Waals surface area contributed by atoms with Gasteiger partial charge >= 0.3 is 0 Å². The maximum Gasteiger partial charge on any atom is 0.165 e. The average molecular weight is 355 g/mol. The number of rotatable bonds is 5. The number of nitrogens with zero attached hydrogens (tertiary/aromatic N) is 1. The number of ether oxygens (including phenoxy) is 2. The van der Waals surface area contributed by atoms with Gasteiger partial charge in [-0.25, -0.2) is 8.78 Å². The number of hydrogen-bond donors (Lipinski definition) is 1. The largest absolute Gasteiger partial charge is 0.493 e. The minimum atomic E-state index is -0.604. The van der Waals surface area contributed by atoms with Crippen molar-refractivity contribution in [1.29, 1.82) is 0 Å². The van der Waals surface area contributed by atoms with Gasteiger partial charge in [0.25, 0.3) is 0 Å². The zero-order valence-corrected chi connectivity index (χ0v) is 13.8. The van der Waals surface area contributed by atoms with Gasteiger partial charge in [0.05, 0.1) is 18.3 Å². The standard InChI is InChI=1S/C17H17ClF2N2O2/c1-23-15-5-13(18)14(20)6-16(15)24-17(10-2-3-21-7-10)11-4-12(19)9-22-8-11/h4-6,8-10,17,21H,2-3,7H2,1H3. The molecule has 1 aliphatic rings. The molecular formula is C17H17ClF2N2O2. The van der Waals surface area contributed by atoms with Gasteiger partial charge in [0, 0.05) is 36.4 Å². The summed E-state index contributed by atoms with van der Waals surface area (Å²) >= 11 is 5.79. The fraction of sp³-hybridized carbons (Fsp3) is 0.353. The van der Waals surface area contributed by atoms with Gasteiger partial charge in [0.15, 0.2) is 11.5 Å². The van der Waals surface area contributed by atoms with Crippen LogP contribution in [0.15, 0.2) is 30.6 Å². The van der Waals surface area contributed by atoms with Crippen molar-refractivity contribution < 1.29 is 18.3 Å². The van der Waals surface area contributed by atoms with E-state index in [1.807, 2.05) is 0 Å². The van der Waals surface area contributed by atoms with Gasteiger partial charge in [-0.3, -0.25) is 4.98 Å². The van der Waals surface area contributed by atoms with Crippen LogP contribution in [0.2, 0.25) is 5.02 Å². The Morgan fingerprint density at radius 1 is 1.25 bits per heavy atom. The zero-order valence-electron chi connectivity index (χ0n) is 13.1. The Labute approximate surface area is 143 Å². The highest BCUT2D eigenvalue weighted by molar-refractivity contribution is 6.30. The summed E-state index contributed by atoms with van der Waals surface area (Å²) in [4.78, 5) is 3.89. The van der Waals surface area contributed by atoms with Gasteiger partial charge in [0.1, 0.15) is 17.7 Å². The maximum absolute atomic E-state index is 13.8. The summed E-state index contributed by atoms with van der Waals surface area (Å²) in [6.07, 6.45) is 3.08. The molecule has 2 aromatic rings. The van der Waals surface area contributed by atoms with Crippen molar-refractivity contribution in [2.75, 3.05) is 20.2 Å². The van der Waals surface area contributed by atoms with E-state index in [0.717, 1.165) is 25.7 Å². The molecule has 1 aromatic carbocycles. The summed E-state index contributed by atoms with van der Waals surface area (Å²) in [5.74, 6) is -0.395. The lowest BCUT2D eigenvalue weighted by Gasteiger charge is -2.25. The molecule has 128 valence electrons. The van der Waals surface area contributed by atoms with Crippen LogP contribution in [-0.2, 0) is 0 Å². The second-order valence-electron chi connectivity index (χ2n) is 5.64. The molecule has 0 amide bonds. The van der Waals surface area contributed by atoms with Crippen molar-refractivity contribution >= 4 is 11.6 Å². The summed E-state index contributed by atoms with van der Waals surface area (Å²) in [7, 11) is 1.45. The minimum Gasteiger partial charge on any atom is -0.493 e. The summed E-state index contributed by atoms with van der Waals surface area (Å²) in [5.41, 5.74) is 0.598.